The van der Waals surface area contributed by atoms with Gasteiger partial charge in [-0.2, -0.15) is 5.10 Å². The summed E-state index contributed by atoms with van der Waals surface area (Å²) in [7, 11) is 1.82. The molecule has 6 nitrogen and oxygen atoms in total. The van der Waals surface area contributed by atoms with E-state index in [1.807, 2.05) is 56.4 Å². The number of hydrogen-bond donors (Lipinski definition) is 0. The summed E-state index contributed by atoms with van der Waals surface area (Å²) < 4.78 is 13.3. The molecule has 164 valence electrons. The Morgan fingerprint density at radius 3 is 2.53 bits per heavy atom. The number of aromatic nitrogens is 2. The Kier molecular flexibility index (Phi) is 6.61. The van der Waals surface area contributed by atoms with E-state index in [4.69, 9.17) is 25.9 Å². The maximum Gasteiger partial charge on any atom is 0.289 e. The summed E-state index contributed by atoms with van der Waals surface area (Å²) in [6.07, 6.45) is 2.30. The van der Waals surface area contributed by atoms with Crippen LogP contribution in [0.15, 0.2) is 77.4 Å². The van der Waals surface area contributed by atoms with E-state index in [1.165, 1.54) is 6.26 Å². The second kappa shape index (κ2) is 9.75. The summed E-state index contributed by atoms with van der Waals surface area (Å²) in [5.41, 5.74) is 2.49. The maximum absolute atomic E-state index is 13.1. The number of carbonyl (C=O) groups excluding carboxylic acids is 1. The van der Waals surface area contributed by atoms with E-state index in [-0.39, 0.29) is 5.91 Å². The molecule has 0 bridgehead atoms. The number of para-hydroxylation sites is 1. The van der Waals surface area contributed by atoms with Crippen molar-refractivity contribution in [1.29, 1.82) is 0 Å². The Labute approximate surface area is 192 Å². The molecule has 1 amide bonds. The Balaban J connectivity index is 1.78. The van der Waals surface area contributed by atoms with Gasteiger partial charge in [-0.3, -0.25) is 4.79 Å². The van der Waals surface area contributed by atoms with Crippen molar-refractivity contribution in [3.05, 3.63) is 89.3 Å². The first-order valence-corrected chi connectivity index (χ1v) is 10.8. The van der Waals surface area contributed by atoms with E-state index >= 15 is 0 Å². The molecule has 0 aliphatic rings. The monoisotopic (exact) mass is 449 g/mol. The first-order chi connectivity index (χ1) is 15.6. The second-order valence-corrected chi connectivity index (χ2v) is 7.77. The van der Waals surface area contributed by atoms with Crippen LogP contribution in [0.4, 0.5) is 0 Å². The predicted octanol–water partition coefficient (Wildman–Crippen LogP) is 6.18. The highest BCUT2D eigenvalue weighted by atomic mass is 35.5. The maximum atomic E-state index is 13.1. The van der Waals surface area contributed by atoms with E-state index in [0.717, 1.165) is 23.2 Å². The molecule has 7 heteroatoms. The molecule has 0 radical (unpaired) electrons. The fraction of sp³-hybridized carbons (Fsp3) is 0.200. The summed E-state index contributed by atoms with van der Waals surface area (Å²) in [5.74, 6) is 1.18. The van der Waals surface area contributed by atoms with Crippen molar-refractivity contribution in [3.8, 4) is 22.9 Å². The van der Waals surface area contributed by atoms with Crippen LogP contribution in [0.25, 0.3) is 11.3 Å². The second-order valence-electron chi connectivity index (χ2n) is 7.36. The summed E-state index contributed by atoms with van der Waals surface area (Å²) in [6.45, 7) is 2.91. The predicted molar refractivity (Wildman–Crippen MR) is 124 cm³/mol. The SMILES string of the molecule is CCCN(Cc1c(-c2ccccc2)nn(C)c1Oc1ccccc1Cl)C(=O)c1ccco1. The number of rotatable bonds is 8. The molecule has 2 aromatic carbocycles. The van der Waals surface area contributed by atoms with Crippen LogP contribution in [-0.4, -0.2) is 27.1 Å². The fourth-order valence-corrected chi connectivity index (χ4v) is 3.73. The quantitative estimate of drug-likeness (QED) is 0.322. The summed E-state index contributed by atoms with van der Waals surface area (Å²) in [4.78, 5) is 14.9. The molecule has 32 heavy (non-hydrogen) atoms. The third kappa shape index (κ3) is 4.55. The largest absolute Gasteiger partial charge is 0.459 e. The van der Waals surface area contributed by atoms with Gasteiger partial charge >= 0.3 is 0 Å². The van der Waals surface area contributed by atoms with Gasteiger partial charge in [-0.15, -0.1) is 0 Å². The van der Waals surface area contributed by atoms with Gasteiger partial charge in [0, 0.05) is 19.2 Å². The highest BCUT2D eigenvalue weighted by Gasteiger charge is 2.26. The van der Waals surface area contributed by atoms with Crippen molar-refractivity contribution in [3.63, 3.8) is 0 Å². The zero-order valence-corrected chi connectivity index (χ0v) is 18.7. The van der Waals surface area contributed by atoms with Gasteiger partial charge in [0.1, 0.15) is 11.4 Å². The minimum atomic E-state index is -0.177. The zero-order valence-electron chi connectivity index (χ0n) is 18.0. The van der Waals surface area contributed by atoms with Crippen molar-refractivity contribution in [2.45, 2.75) is 19.9 Å². The van der Waals surface area contributed by atoms with Crippen molar-refractivity contribution in [1.82, 2.24) is 14.7 Å². The Morgan fingerprint density at radius 1 is 1.09 bits per heavy atom. The standard InChI is InChI=1S/C25H24ClN3O3/c1-3-15-29(24(30)22-14-9-16-31-22)17-19-23(18-10-5-4-6-11-18)27-28(2)25(19)32-21-13-8-7-12-20(21)26/h4-14,16H,3,15,17H2,1-2H3. The van der Waals surface area contributed by atoms with Crippen LogP contribution in [-0.2, 0) is 13.6 Å². The highest BCUT2D eigenvalue weighted by molar-refractivity contribution is 6.32. The topological polar surface area (TPSA) is 60.5 Å². The van der Waals surface area contributed by atoms with Crippen molar-refractivity contribution >= 4 is 17.5 Å². The number of furan rings is 1. The molecule has 0 saturated carbocycles. The minimum absolute atomic E-state index is 0.177. The van der Waals surface area contributed by atoms with Gasteiger partial charge in [-0.25, -0.2) is 4.68 Å². The number of hydrogen-bond acceptors (Lipinski definition) is 4. The lowest BCUT2D eigenvalue weighted by Crippen LogP contribution is -2.31. The molecular weight excluding hydrogens is 426 g/mol. The van der Waals surface area contributed by atoms with Crippen LogP contribution >= 0.6 is 11.6 Å². The van der Waals surface area contributed by atoms with Crippen LogP contribution in [0, 0.1) is 0 Å². The lowest BCUT2D eigenvalue weighted by atomic mass is 10.1. The third-order valence-electron chi connectivity index (χ3n) is 5.04. The number of nitrogens with zero attached hydrogens (tertiary/aromatic N) is 3. The van der Waals surface area contributed by atoms with E-state index in [9.17, 15) is 4.79 Å². The average molecular weight is 450 g/mol. The van der Waals surface area contributed by atoms with Crippen LogP contribution in [0.1, 0.15) is 29.5 Å². The number of aryl methyl sites for hydroxylation is 1. The number of halogens is 1. The lowest BCUT2D eigenvalue weighted by Gasteiger charge is -2.22. The van der Waals surface area contributed by atoms with E-state index in [1.54, 1.807) is 33.8 Å². The van der Waals surface area contributed by atoms with Gasteiger partial charge in [0.25, 0.3) is 5.91 Å². The first kappa shape index (κ1) is 21.7. The average Bonchev–Trinajstić information content (AvgIpc) is 3.45. The fourth-order valence-electron chi connectivity index (χ4n) is 3.55. The lowest BCUT2D eigenvalue weighted by molar-refractivity contribution is 0.0710. The first-order valence-electron chi connectivity index (χ1n) is 10.4. The van der Waals surface area contributed by atoms with Crippen LogP contribution in [0.3, 0.4) is 0 Å². The molecule has 0 atom stereocenters. The molecule has 0 unspecified atom stereocenters. The molecule has 0 aliphatic carbocycles. The molecule has 4 aromatic rings. The minimum Gasteiger partial charge on any atom is -0.459 e. The Morgan fingerprint density at radius 2 is 1.84 bits per heavy atom. The molecule has 0 saturated heterocycles. The normalized spacial score (nSPS) is 10.8. The van der Waals surface area contributed by atoms with Gasteiger partial charge in [0.15, 0.2) is 5.76 Å². The van der Waals surface area contributed by atoms with Crippen molar-refractivity contribution in [2.24, 2.45) is 7.05 Å². The van der Waals surface area contributed by atoms with Gasteiger partial charge in [0.05, 0.1) is 23.4 Å². The number of benzene rings is 2. The summed E-state index contributed by atoms with van der Waals surface area (Å²) in [6, 6.07) is 20.5. The third-order valence-corrected chi connectivity index (χ3v) is 5.35. The van der Waals surface area contributed by atoms with E-state index < -0.39 is 0 Å². The highest BCUT2D eigenvalue weighted by Crippen LogP contribution is 2.36. The van der Waals surface area contributed by atoms with Crippen molar-refractivity contribution in [2.75, 3.05) is 6.54 Å². The Bertz CT molecular complexity index is 1190. The van der Waals surface area contributed by atoms with Gasteiger partial charge in [0.2, 0.25) is 5.88 Å². The van der Waals surface area contributed by atoms with Crippen LogP contribution in [0.2, 0.25) is 5.02 Å². The molecule has 2 aromatic heterocycles. The molecule has 0 N–H and O–H groups in total. The molecule has 0 aliphatic heterocycles. The van der Waals surface area contributed by atoms with Gasteiger partial charge in [-0.05, 0) is 30.7 Å². The van der Waals surface area contributed by atoms with E-state index in [2.05, 4.69) is 0 Å². The molecule has 4 rings (SSSR count). The number of carbonyl (C=O) groups is 1. The number of ether oxygens (including phenoxy) is 1. The smallest absolute Gasteiger partial charge is 0.289 e. The summed E-state index contributed by atoms with van der Waals surface area (Å²) >= 11 is 6.34. The molecular formula is C25H24ClN3O3. The molecule has 2 heterocycles. The molecule has 0 spiro atoms. The zero-order chi connectivity index (χ0) is 22.5. The number of amides is 1. The van der Waals surface area contributed by atoms with Crippen LogP contribution in [0.5, 0.6) is 11.6 Å². The van der Waals surface area contributed by atoms with Gasteiger partial charge in [-0.1, -0.05) is 61.0 Å². The van der Waals surface area contributed by atoms with Gasteiger partial charge < -0.3 is 14.1 Å². The summed E-state index contributed by atoms with van der Waals surface area (Å²) in [5, 5.41) is 5.23. The Hall–Kier alpha value is -3.51. The van der Waals surface area contributed by atoms with E-state index in [0.29, 0.717) is 35.5 Å². The van der Waals surface area contributed by atoms with Crippen molar-refractivity contribution < 1.29 is 13.9 Å². The molecule has 0 fully saturated rings. The van der Waals surface area contributed by atoms with Crippen LogP contribution < -0.4 is 4.74 Å².